The molecule has 1 aliphatic heterocycles. The minimum Gasteiger partial charge on any atom is -0.344 e. The molecule has 112 valence electrons. The van der Waals surface area contributed by atoms with Gasteiger partial charge in [0.15, 0.2) is 0 Å². The molecule has 0 aromatic heterocycles. The molecule has 21 heavy (non-hydrogen) atoms. The van der Waals surface area contributed by atoms with Crippen LogP contribution >= 0.6 is 46.4 Å². The third-order valence-electron chi connectivity index (χ3n) is 5.74. The molecule has 5 rings (SSSR count). The minimum atomic E-state index is -1.17. The predicted octanol–water partition coefficient (Wildman–Crippen LogP) is 4.01. The van der Waals surface area contributed by atoms with Crippen LogP contribution in [0.5, 0.6) is 0 Å². The summed E-state index contributed by atoms with van der Waals surface area (Å²) >= 11 is 27.1. The first-order chi connectivity index (χ1) is 9.98. The van der Waals surface area contributed by atoms with Crippen LogP contribution in [0.3, 0.4) is 0 Å². The van der Waals surface area contributed by atoms with E-state index in [1.807, 2.05) is 0 Å². The molecule has 0 amide bonds. The number of fused-ring (bicyclic) bond motifs is 5. The van der Waals surface area contributed by atoms with Gasteiger partial charge in [0.1, 0.15) is 9.75 Å². The third kappa shape index (κ3) is 1.14. The number of hydrogen-bond acceptors (Lipinski definition) is 2. The molecule has 1 saturated heterocycles. The summed E-state index contributed by atoms with van der Waals surface area (Å²) in [6.07, 6.45) is 8.65. The quantitative estimate of drug-likeness (QED) is 0.477. The van der Waals surface area contributed by atoms with E-state index in [9.17, 15) is 0 Å². The van der Waals surface area contributed by atoms with Crippen molar-refractivity contribution in [2.24, 2.45) is 23.7 Å². The van der Waals surface area contributed by atoms with Crippen molar-refractivity contribution in [1.82, 2.24) is 0 Å². The summed E-state index contributed by atoms with van der Waals surface area (Å²) in [6, 6.07) is 0. The molecule has 4 aliphatic carbocycles. The smallest absolute Gasteiger partial charge is 0.218 e. The largest absolute Gasteiger partial charge is 0.344 e. The highest BCUT2D eigenvalue weighted by Crippen LogP contribution is 2.77. The highest BCUT2D eigenvalue weighted by Gasteiger charge is 2.86. The van der Waals surface area contributed by atoms with E-state index in [4.69, 9.17) is 55.9 Å². The Labute approximate surface area is 142 Å². The van der Waals surface area contributed by atoms with Crippen molar-refractivity contribution < 1.29 is 9.47 Å². The number of halogens is 4. The Hall–Kier alpha value is 0.300. The second-order valence-electron chi connectivity index (χ2n) is 6.34. The number of alkyl halides is 2. The lowest BCUT2D eigenvalue weighted by Crippen LogP contribution is -2.56. The second-order valence-corrected chi connectivity index (χ2v) is 8.29. The predicted molar refractivity (Wildman–Crippen MR) is 82.8 cm³/mol. The summed E-state index contributed by atoms with van der Waals surface area (Å²) in [5.74, 6) is -0.486. The van der Waals surface area contributed by atoms with Crippen LogP contribution in [0.25, 0.3) is 0 Å². The molecule has 2 bridgehead atoms. The normalized spacial score (nSPS) is 55.0. The van der Waals surface area contributed by atoms with E-state index in [1.54, 1.807) is 0 Å². The maximum atomic E-state index is 7.09. The molecule has 2 nitrogen and oxygen atoms in total. The van der Waals surface area contributed by atoms with Crippen LogP contribution in [0.1, 0.15) is 0 Å². The standard InChI is InChI=1S/C15H12Cl4O2/c16-11-12(17)14(19)10-8-3-1-7(8)2-4-9(10)13(11,18)15(14)20-5-6-21-15/h1-4,7-10H,5-6H2. The van der Waals surface area contributed by atoms with E-state index in [0.717, 1.165) is 0 Å². The van der Waals surface area contributed by atoms with Gasteiger partial charge in [-0.05, 0) is 5.92 Å². The molecular formula is C15H12Cl4O2. The molecule has 1 saturated carbocycles. The molecule has 0 N–H and O–H groups in total. The molecule has 0 aromatic rings. The number of rotatable bonds is 0. The van der Waals surface area contributed by atoms with Gasteiger partial charge in [-0.2, -0.15) is 0 Å². The van der Waals surface area contributed by atoms with Gasteiger partial charge in [-0.1, -0.05) is 47.5 Å². The summed E-state index contributed by atoms with van der Waals surface area (Å²) in [5.41, 5.74) is 0. The highest BCUT2D eigenvalue weighted by molar-refractivity contribution is 6.52. The Kier molecular flexibility index (Phi) is 2.52. The minimum absolute atomic E-state index is 0.0322. The van der Waals surface area contributed by atoms with Crippen LogP contribution in [-0.2, 0) is 9.47 Å². The van der Waals surface area contributed by atoms with Crippen molar-refractivity contribution in [2.45, 2.75) is 15.5 Å². The van der Waals surface area contributed by atoms with Gasteiger partial charge in [0.05, 0.1) is 23.3 Å². The Balaban J connectivity index is 1.81. The lowest BCUT2D eigenvalue weighted by atomic mass is 9.61. The first-order valence-electron chi connectivity index (χ1n) is 7.07. The molecule has 1 heterocycles. The van der Waals surface area contributed by atoms with Crippen LogP contribution in [-0.4, -0.2) is 28.7 Å². The average molecular weight is 366 g/mol. The zero-order valence-electron chi connectivity index (χ0n) is 10.9. The fourth-order valence-electron chi connectivity index (χ4n) is 4.86. The van der Waals surface area contributed by atoms with Gasteiger partial charge in [-0.25, -0.2) is 0 Å². The van der Waals surface area contributed by atoms with E-state index in [2.05, 4.69) is 24.3 Å². The van der Waals surface area contributed by atoms with E-state index < -0.39 is 15.5 Å². The van der Waals surface area contributed by atoms with Gasteiger partial charge in [0.25, 0.3) is 0 Å². The summed E-state index contributed by atoms with van der Waals surface area (Å²) in [4.78, 5) is -2.06. The zero-order valence-corrected chi connectivity index (χ0v) is 13.9. The maximum Gasteiger partial charge on any atom is 0.218 e. The Bertz CT molecular complexity index is 636. The van der Waals surface area contributed by atoms with Gasteiger partial charge in [0.2, 0.25) is 5.79 Å². The molecule has 0 aromatic carbocycles. The van der Waals surface area contributed by atoms with E-state index in [-0.39, 0.29) is 11.8 Å². The molecule has 5 aliphatic rings. The maximum absolute atomic E-state index is 7.09. The number of allylic oxidation sites excluding steroid dienone is 4. The van der Waals surface area contributed by atoms with Gasteiger partial charge in [0, 0.05) is 17.8 Å². The number of ether oxygens (including phenoxy) is 2. The van der Waals surface area contributed by atoms with Crippen LogP contribution in [0.15, 0.2) is 34.4 Å². The first-order valence-corrected chi connectivity index (χ1v) is 8.58. The molecule has 6 unspecified atom stereocenters. The van der Waals surface area contributed by atoms with Crippen molar-refractivity contribution >= 4 is 46.4 Å². The first kappa shape index (κ1) is 13.7. The topological polar surface area (TPSA) is 18.5 Å². The van der Waals surface area contributed by atoms with Gasteiger partial charge < -0.3 is 9.47 Å². The molecule has 1 spiro atoms. The monoisotopic (exact) mass is 364 g/mol. The van der Waals surface area contributed by atoms with Crippen LogP contribution in [0, 0.1) is 23.7 Å². The summed E-state index contributed by atoms with van der Waals surface area (Å²) in [6.45, 7) is 0.898. The van der Waals surface area contributed by atoms with E-state index >= 15 is 0 Å². The molecule has 6 heteroatoms. The second kappa shape index (κ2) is 3.85. The molecule has 6 atom stereocenters. The van der Waals surface area contributed by atoms with Crippen molar-refractivity contribution in [3.8, 4) is 0 Å². The Morgan fingerprint density at radius 3 is 2.14 bits per heavy atom. The van der Waals surface area contributed by atoms with Crippen LogP contribution in [0.2, 0.25) is 0 Å². The van der Waals surface area contributed by atoms with Crippen molar-refractivity contribution in [3.05, 3.63) is 34.4 Å². The summed E-state index contributed by atoms with van der Waals surface area (Å²) in [7, 11) is 0. The molecule has 0 radical (unpaired) electrons. The number of hydrogen-bond donors (Lipinski definition) is 0. The lowest BCUT2D eigenvalue weighted by Gasteiger charge is -2.46. The van der Waals surface area contributed by atoms with E-state index in [0.29, 0.717) is 35.1 Å². The summed E-state index contributed by atoms with van der Waals surface area (Å²) < 4.78 is 12.0. The average Bonchev–Trinajstić information content (AvgIpc) is 3.02. The fourth-order valence-corrected chi connectivity index (χ4v) is 7.00. The fraction of sp³-hybridized carbons (Fsp3) is 0.600. The third-order valence-corrected chi connectivity index (χ3v) is 8.39. The Morgan fingerprint density at radius 1 is 0.905 bits per heavy atom. The molecular weight excluding hydrogens is 354 g/mol. The SMILES string of the molecule is ClC1=C(Cl)C2(Cl)C3C4C=CC4C=CC3C1(Cl)C21OCCO1. The summed E-state index contributed by atoms with van der Waals surface area (Å²) in [5, 5.41) is 0.758. The van der Waals surface area contributed by atoms with Crippen molar-refractivity contribution in [2.75, 3.05) is 13.2 Å². The van der Waals surface area contributed by atoms with Crippen molar-refractivity contribution in [3.63, 3.8) is 0 Å². The zero-order chi connectivity index (χ0) is 14.6. The van der Waals surface area contributed by atoms with E-state index in [1.165, 1.54) is 0 Å². The molecule has 2 fully saturated rings. The van der Waals surface area contributed by atoms with Crippen LogP contribution < -0.4 is 0 Å². The van der Waals surface area contributed by atoms with Crippen LogP contribution in [0.4, 0.5) is 0 Å². The van der Waals surface area contributed by atoms with Gasteiger partial charge in [-0.3, -0.25) is 0 Å². The lowest BCUT2D eigenvalue weighted by molar-refractivity contribution is -0.173. The van der Waals surface area contributed by atoms with Gasteiger partial charge >= 0.3 is 0 Å². The van der Waals surface area contributed by atoms with Crippen molar-refractivity contribution in [1.29, 1.82) is 0 Å². The van der Waals surface area contributed by atoms with Gasteiger partial charge in [-0.15, -0.1) is 23.2 Å². The Morgan fingerprint density at radius 2 is 1.52 bits per heavy atom. The highest BCUT2D eigenvalue weighted by atomic mass is 35.5.